The van der Waals surface area contributed by atoms with Crippen LogP contribution in [0.1, 0.15) is 17.5 Å². The van der Waals surface area contributed by atoms with Crippen LogP contribution in [0, 0.1) is 6.92 Å². The zero-order valence-corrected chi connectivity index (χ0v) is 17.6. The van der Waals surface area contributed by atoms with Gasteiger partial charge in [0.25, 0.3) is 0 Å². The van der Waals surface area contributed by atoms with Gasteiger partial charge in [-0.3, -0.25) is 4.99 Å². The summed E-state index contributed by atoms with van der Waals surface area (Å²) in [5.41, 5.74) is 3.76. The van der Waals surface area contributed by atoms with Crippen molar-refractivity contribution in [3.63, 3.8) is 0 Å². The minimum absolute atomic E-state index is 0.388. The van der Waals surface area contributed by atoms with Crippen molar-refractivity contribution in [3.05, 3.63) is 59.7 Å². The van der Waals surface area contributed by atoms with Gasteiger partial charge < -0.3 is 25.0 Å². The summed E-state index contributed by atoms with van der Waals surface area (Å²) in [7, 11) is 3.49. The largest absolute Gasteiger partial charge is 0.491 e. The van der Waals surface area contributed by atoms with Crippen LogP contribution in [-0.2, 0) is 11.3 Å². The van der Waals surface area contributed by atoms with Gasteiger partial charge in [-0.15, -0.1) is 0 Å². The lowest BCUT2D eigenvalue weighted by Gasteiger charge is -2.20. The number of aliphatic imine (C=N–C) groups is 1. The normalized spacial score (nSPS) is 16.7. The zero-order valence-electron chi connectivity index (χ0n) is 17.6. The van der Waals surface area contributed by atoms with E-state index in [9.17, 15) is 0 Å². The second-order valence-corrected chi connectivity index (χ2v) is 7.32. The van der Waals surface area contributed by atoms with E-state index in [2.05, 4.69) is 63.8 Å². The molecule has 0 amide bonds. The van der Waals surface area contributed by atoms with Crippen molar-refractivity contribution in [3.8, 4) is 5.75 Å². The molecule has 1 aliphatic heterocycles. The van der Waals surface area contributed by atoms with E-state index in [1.165, 1.54) is 16.8 Å². The van der Waals surface area contributed by atoms with E-state index in [0.29, 0.717) is 25.8 Å². The van der Waals surface area contributed by atoms with E-state index in [-0.39, 0.29) is 0 Å². The van der Waals surface area contributed by atoms with Gasteiger partial charge in [0.2, 0.25) is 0 Å². The minimum atomic E-state index is 0.388. The maximum atomic E-state index is 5.60. The number of ether oxygens (including phenoxy) is 2. The molecule has 0 radical (unpaired) electrons. The van der Waals surface area contributed by atoms with E-state index in [4.69, 9.17) is 9.47 Å². The molecule has 0 spiro atoms. The predicted octanol–water partition coefficient (Wildman–Crippen LogP) is 2.96. The zero-order chi connectivity index (χ0) is 20.5. The first-order valence-corrected chi connectivity index (χ1v) is 10.2. The Morgan fingerprint density at radius 3 is 2.55 bits per heavy atom. The summed E-state index contributed by atoms with van der Waals surface area (Å²) in [6.45, 7) is 6.03. The molecule has 0 aromatic heterocycles. The van der Waals surface area contributed by atoms with E-state index in [1.54, 1.807) is 7.11 Å². The standard InChI is InChI=1S/C23H32N4O2/c1-18-4-8-21(9-5-18)27-13-12-20(17-27)26-23(24-2)25-16-19-6-10-22(11-7-19)29-15-14-28-3/h4-11,20H,12-17H2,1-3H3,(H2,24,25,26). The van der Waals surface area contributed by atoms with Crippen LogP contribution in [0.25, 0.3) is 0 Å². The third-order valence-corrected chi connectivity index (χ3v) is 5.09. The van der Waals surface area contributed by atoms with Gasteiger partial charge in [-0.25, -0.2) is 0 Å². The van der Waals surface area contributed by atoms with Gasteiger partial charge in [-0.2, -0.15) is 0 Å². The van der Waals surface area contributed by atoms with Gasteiger partial charge in [0, 0.05) is 45.5 Å². The van der Waals surface area contributed by atoms with Crippen LogP contribution >= 0.6 is 0 Å². The van der Waals surface area contributed by atoms with Crippen molar-refractivity contribution >= 4 is 11.6 Å². The highest BCUT2D eigenvalue weighted by Crippen LogP contribution is 2.20. The molecule has 0 aliphatic carbocycles. The first-order chi connectivity index (χ1) is 14.2. The lowest BCUT2D eigenvalue weighted by molar-refractivity contribution is 0.146. The van der Waals surface area contributed by atoms with Gasteiger partial charge >= 0.3 is 0 Å². The molecule has 6 heteroatoms. The smallest absolute Gasteiger partial charge is 0.191 e. The van der Waals surface area contributed by atoms with Crippen molar-refractivity contribution in [2.24, 2.45) is 4.99 Å². The summed E-state index contributed by atoms with van der Waals surface area (Å²) in [4.78, 5) is 6.80. The molecule has 0 saturated carbocycles. The highest BCUT2D eigenvalue weighted by molar-refractivity contribution is 5.80. The van der Waals surface area contributed by atoms with Crippen LogP contribution in [0.2, 0.25) is 0 Å². The van der Waals surface area contributed by atoms with Crippen molar-refractivity contribution in [2.75, 3.05) is 45.4 Å². The number of hydrogen-bond acceptors (Lipinski definition) is 4. The van der Waals surface area contributed by atoms with E-state index >= 15 is 0 Å². The first-order valence-electron chi connectivity index (χ1n) is 10.2. The fraction of sp³-hybridized carbons (Fsp3) is 0.435. The van der Waals surface area contributed by atoms with Crippen LogP contribution in [0.4, 0.5) is 5.69 Å². The molecule has 2 aromatic rings. The topological polar surface area (TPSA) is 58.1 Å². The summed E-state index contributed by atoms with van der Waals surface area (Å²) in [6, 6.07) is 17.2. The SMILES string of the molecule is CN=C(NCc1ccc(OCCOC)cc1)NC1CCN(c2ccc(C)cc2)C1. The number of nitrogens with zero attached hydrogens (tertiary/aromatic N) is 2. The quantitative estimate of drug-likeness (QED) is 0.408. The number of hydrogen-bond donors (Lipinski definition) is 2. The molecular weight excluding hydrogens is 364 g/mol. The van der Waals surface area contributed by atoms with Crippen molar-refractivity contribution in [1.29, 1.82) is 0 Å². The van der Waals surface area contributed by atoms with Crippen molar-refractivity contribution in [2.45, 2.75) is 25.9 Å². The van der Waals surface area contributed by atoms with E-state index in [0.717, 1.165) is 31.2 Å². The predicted molar refractivity (Wildman–Crippen MR) is 119 cm³/mol. The maximum Gasteiger partial charge on any atom is 0.191 e. The van der Waals surface area contributed by atoms with Crippen LogP contribution < -0.4 is 20.3 Å². The average molecular weight is 397 g/mol. The Labute approximate surface area is 173 Å². The van der Waals surface area contributed by atoms with E-state index < -0.39 is 0 Å². The van der Waals surface area contributed by atoms with Gasteiger partial charge in [-0.1, -0.05) is 29.8 Å². The molecule has 1 unspecified atom stereocenters. The molecule has 0 bridgehead atoms. The Morgan fingerprint density at radius 2 is 1.86 bits per heavy atom. The molecule has 1 heterocycles. The molecule has 156 valence electrons. The molecule has 2 aromatic carbocycles. The average Bonchev–Trinajstić information content (AvgIpc) is 3.21. The summed E-state index contributed by atoms with van der Waals surface area (Å²) >= 11 is 0. The van der Waals surface area contributed by atoms with E-state index in [1.807, 2.05) is 19.2 Å². The number of methoxy groups -OCH3 is 1. The van der Waals surface area contributed by atoms with Crippen LogP contribution in [0.3, 0.4) is 0 Å². The maximum absolute atomic E-state index is 5.60. The van der Waals surface area contributed by atoms with Gasteiger partial charge in [0.1, 0.15) is 12.4 Å². The Kier molecular flexibility index (Phi) is 7.76. The van der Waals surface area contributed by atoms with Gasteiger partial charge in [0.15, 0.2) is 5.96 Å². The lowest BCUT2D eigenvalue weighted by atomic mass is 10.2. The highest BCUT2D eigenvalue weighted by atomic mass is 16.5. The fourth-order valence-electron chi connectivity index (χ4n) is 3.39. The Balaban J connectivity index is 1.44. The van der Waals surface area contributed by atoms with Crippen LogP contribution in [0.5, 0.6) is 5.75 Å². The number of benzene rings is 2. The highest BCUT2D eigenvalue weighted by Gasteiger charge is 2.23. The number of nitrogens with one attached hydrogen (secondary N) is 2. The molecule has 1 saturated heterocycles. The van der Waals surface area contributed by atoms with Gasteiger partial charge in [-0.05, 0) is 43.2 Å². The molecule has 1 atom stereocenters. The van der Waals surface area contributed by atoms with Crippen LogP contribution in [0.15, 0.2) is 53.5 Å². The molecule has 29 heavy (non-hydrogen) atoms. The summed E-state index contributed by atoms with van der Waals surface area (Å²) in [6.07, 6.45) is 1.10. The second-order valence-electron chi connectivity index (χ2n) is 7.32. The molecule has 1 aliphatic rings. The number of anilines is 1. The van der Waals surface area contributed by atoms with Crippen LogP contribution in [-0.4, -0.2) is 52.5 Å². The Bertz CT molecular complexity index is 774. The fourth-order valence-corrected chi connectivity index (χ4v) is 3.39. The molecule has 2 N–H and O–H groups in total. The lowest BCUT2D eigenvalue weighted by Crippen LogP contribution is -2.44. The van der Waals surface area contributed by atoms with Crippen molar-refractivity contribution < 1.29 is 9.47 Å². The van der Waals surface area contributed by atoms with Gasteiger partial charge in [0.05, 0.1) is 6.61 Å². The van der Waals surface area contributed by atoms with Crippen molar-refractivity contribution in [1.82, 2.24) is 10.6 Å². The number of rotatable bonds is 8. The summed E-state index contributed by atoms with van der Waals surface area (Å²) in [5.74, 6) is 1.69. The molecule has 3 rings (SSSR count). The number of aryl methyl sites for hydroxylation is 1. The summed E-state index contributed by atoms with van der Waals surface area (Å²) < 4.78 is 10.6. The monoisotopic (exact) mass is 396 g/mol. The third-order valence-electron chi connectivity index (χ3n) is 5.09. The molecule has 6 nitrogen and oxygen atoms in total. The molecular formula is C23H32N4O2. The Hall–Kier alpha value is -2.73. The first kappa shape index (κ1) is 21.0. The number of guanidine groups is 1. The third kappa shape index (κ3) is 6.39. The Morgan fingerprint density at radius 1 is 1.10 bits per heavy atom. The minimum Gasteiger partial charge on any atom is -0.491 e. The molecule has 1 fully saturated rings. The second kappa shape index (κ2) is 10.7. The summed E-state index contributed by atoms with van der Waals surface area (Å²) in [5, 5.41) is 6.96.